The van der Waals surface area contributed by atoms with Crippen LogP contribution in [0.5, 0.6) is 0 Å². The lowest BCUT2D eigenvalue weighted by atomic mass is 9.83. The van der Waals surface area contributed by atoms with Crippen LogP contribution >= 0.6 is 0 Å². The number of carbonyl (C=O) groups is 1. The molecule has 0 unspecified atom stereocenters. The third kappa shape index (κ3) is 6.68. The molecule has 1 aliphatic carbocycles. The molecule has 0 amide bonds. The van der Waals surface area contributed by atoms with Crippen LogP contribution in [0.25, 0.3) is 11.1 Å². The van der Waals surface area contributed by atoms with Crippen molar-refractivity contribution in [2.75, 3.05) is 0 Å². The van der Waals surface area contributed by atoms with Gasteiger partial charge >= 0.3 is 5.97 Å². The first kappa shape index (κ1) is 22.5. The summed E-state index contributed by atoms with van der Waals surface area (Å²) in [5, 5.41) is 0. The molecular formula is C27H35FO2. The van der Waals surface area contributed by atoms with Crippen molar-refractivity contribution in [1.82, 2.24) is 0 Å². The normalized spacial score (nSPS) is 20.0. The minimum Gasteiger partial charge on any atom is -0.460 e. The lowest BCUT2D eigenvalue weighted by Gasteiger charge is -2.28. The first-order valence-corrected chi connectivity index (χ1v) is 11.6. The maximum absolute atomic E-state index is 13.8. The van der Waals surface area contributed by atoms with Gasteiger partial charge in [-0.3, -0.25) is 0 Å². The number of carbonyl (C=O) groups excluding carboxylic acids is 1. The van der Waals surface area contributed by atoms with Gasteiger partial charge in [0.25, 0.3) is 0 Å². The van der Waals surface area contributed by atoms with Crippen LogP contribution in [0, 0.1) is 12.8 Å². The van der Waals surface area contributed by atoms with Crippen molar-refractivity contribution in [2.24, 2.45) is 5.92 Å². The molecule has 0 N–H and O–H groups in total. The number of unbranched alkanes of at least 4 members (excludes halogenated alkanes) is 1. The van der Waals surface area contributed by atoms with Crippen LogP contribution in [0.1, 0.15) is 69.4 Å². The van der Waals surface area contributed by atoms with Crippen molar-refractivity contribution in [2.45, 2.75) is 83.9 Å². The molecule has 1 atom stereocenters. The summed E-state index contributed by atoms with van der Waals surface area (Å²) in [6.07, 6.45) is 6.45. The number of rotatable bonds is 9. The predicted molar refractivity (Wildman–Crippen MR) is 121 cm³/mol. The zero-order valence-corrected chi connectivity index (χ0v) is 18.4. The Morgan fingerprint density at radius 2 is 1.60 bits per heavy atom. The Bertz CT molecular complexity index is 774. The predicted octanol–water partition coefficient (Wildman–Crippen LogP) is 7.22. The second-order valence-electron chi connectivity index (χ2n) is 8.79. The van der Waals surface area contributed by atoms with Crippen molar-refractivity contribution in [3.63, 3.8) is 0 Å². The van der Waals surface area contributed by atoms with Gasteiger partial charge in [0.2, 0.25) is 0 Å². The van der Waals surface area contributed by atoms with Crippen LogP contribution in [0.4, 0.5) is 4.39 Å². The molecule has 3 heteroatoms. The van der Waals surface area contributed by atoms with Gasteiger partial charge in [0, 0.05) is 0 Å². The van der Waals surface area contributed by atoms with E-state index in [-0.39, 0.29) is 12.5 Å². The molecule has 0 heterocycles. The number of hydrogen-bond acceptors (Lipinski definition) is 2. The Hall–Kier alpha value is -2.16. The average Bonchev–Trinajstić information content (AvgIpc) is 2.78. The molecule has 0 bridgehead atoms. The fraction of sp³-hybridized carbons (Fsp3) is 0.519. The van der Waals surface area contributed by atoms with Gasteiger partial charge in [-0.15, -0.1) is 0 Å². The van der Waals surface area contributed by atoms with E-state index in [1.165, 1.54) is 22.3 Å². The summed E-state index contributed by atoms with van der Waals surface area (Å²) in [6, 6.07) is 17.5. The number of halogens is 1. The van der Waals surface area contributed by atoms with Gasteiger partial charge in [-0.1, -0.05) is 73.9 Å². The van der Waals surface area contributed by atoms with E-state index in [9.17, 15) is 9.18 Å². The van der Waals surface area contributed by atoms with E-state index < -0.39 is 12.1 Å². The van der Waals surface area contributed by atoms with Gasteiger partial charge in [-0.25, -0.2) is 9.18 Å². The van der Waals surface area contributed by atoms with E-state index in [2.05, 4.69) is 55.5 Å². The lowest BCUT2D eigenvalue weighted by molar-refractivity contribution is -0.157. The summed E-state index contributed by atoms with van der Waals surface area (Å²) in [5.41, 5.74) is 5.16. The minimum atomic E-state index is -1.45. The average molecular weight is 411 g/mol. The number of aryl methyl sites for hydroxylation is 2. The van der Waals surface area contributed by atoms with E-state index in [1.54, 1.807) is 0 Å². The zero-order chi connectivity index (χ0) is 21.3. The molecule has 0 saturated heterocycles. The molecule has 0 aliphatic heterocycles. The summed E-state index contributed by atoms with van der Waals surface area (Å²) in [6.45, 7) is 4.10. The molecule has 1 fully saturated rings. The second-order valence-corrected chi connectivity index (χ2v) is 8.79. The van der Waals surface area contributed by atoms with Crippen LogP contribution in [0.2, 0.25) is 0 Å². The Morgan fingerprint density at radius 1 is 1.00 bits per heavy atom. The minimum absolute atomic E-state index is 0.0950. The van der Waals surface area contributed by atoms with Crippen LogP contribution in [-0.4, -0.2) is 18.2 Å². The monoisotopic (exact) mass is 410 g/mol. The molecule has 0 aromatic heterocycles. The highest BCUT2D eigenvalue weighted by Gasteiger charge is 2.27. The van der Waals surface area contributed by atoms with Crippen molar-refractivity contribution in [3.05, 3.63) is 59.7 Å². The summed E-state index contributed by atoms with van der Waals surface area (Å²) < 4.78 is 19.2. The van der Waals surface area contributed by atoms with Gasteiger partial charge in [0.1, 0.15) is 6.10 Å². The van der Waals surface area contributed by atoms with Crippen molar-refractivity contribution < 1.29 is 13.9 Å². The van der Waals surface area contributed by atoms with Crippen LogP contribution in [0.3, 0.4) is 0 Å². The molecule has 1 aliphatic rings. The molecule has 30 heavy (non-hydrogen) atoms. The largest absolute Gasteiger partial charge is 0.460 e. The fourth-order valence-electron chi connectivity index (χ4n) is 4.26. The van der Waals surface area contributed by atoms with E-state index >= 15 is 0 Å². The van der Waals surface area contributed by atoms with Crippen molar-refractivity contribution >= 4 is 5.97 Å². The topological polar surface area (TPSA) is 26.3 Å². The summed E-state index contributed by atoms with van der Waals surface area (Å²) in [4.78, 5) is 11.9. The molecule has 0 radical (unpaired) electrons. The third-order valence-electron chi connectivity index (χ3n) is 6.32. The SMILES string of the molecule is CCCC[C@H](F)C(=O)OC1CCC(CCc2ccc(-c3ccc(C)cc3)cc2)CC1. The van der Waals surface area contributed by atoms with Crippen LogP contribution in [-0.2, 0) is 16.0 Å². The maximum Gasteiger partial charge on any atom is 0.340 e. The van der Waals surface area contributed by atoms with Gasteiger partial charge in [-0.05, 0) is 74.5 Å². The molecule has 2 nitrogen and oxygen atoms in total. The highest BCUT2D eigenvalue weighted by Crippen LogP contribution is 2.30. The Morgan fingerprint density at radius 3 is 2.20 bits per heavy atom. The lowest BCUT2D eigenvalue weighted by Crippen LogP contribution is -2.29. The van der Waals surface area contributed by atoms with Gasteiger partial charge in [-0.2, -0.15) is 0 Å². The van der Waals surface area contributed by atoms with Gasteiger partial charge < -0.3 is 4.74 Å². The van der Waals surface area contributed by atoms with Gasteiger partial charge in [0.05, 0.1) is 0 Å². The second kappa shape index (κ2) is 11.3. The van der Waals surface area contributed by atoms with Gasteiger partial charge in [0.15, 0.2) is 6.17 Å². The molecule has 2 aromatic carbocycles. The van der Waals surface area contributed by atoms with Crippen LogP contribution in [0.15, 0.2) is 48.5 Å². The van der Waals surface area contributed by atoms with E-state index in [1.807, 2.05) is 6.92 Å². The number of ether oxygens (including phenoxy) is 1. The molecule has 3 rings (SSSR count). The summed E-state index contributed by atoms with van der Waals surface area (Å²) in [5.74, 6) is 0.0126. The smallest absolute Gasteiger partial charge is 0.340 e. The maximum atomic E-state index is 13.8. The Kier molecular flexibility index (Phi) is 8.48. The highest BCUT2D eigenvalue weighted by atomic mass is 19.1. The highest BCUT2D eigenvalue weighted by molar-refractivity contribution is 5.74. The quantitative estimate of drug-likeness (QED) is 0.408. The zero-order valence-electron chi connectivity index (χ0n) is 18.4. The van der Waals surface area contributed by atoms with Crippen molar-refractivity contribution in [1.29, 1.82) is 0 Å². The number of benzene rings is 2. The third-order valence-corrected chi connectivity index (χ3v) is 6.32. The van der Waals surface area contributed by atoms with E-state index in [0.29, 0.717) is 5.92 Å². The van der Waals surface area contributed by atoms with E-state index in [0.717, 1.165) is 51.4 Å². The molecular weight excluding hydrogens is 375 g/mol. The Balaban J connectivity index is 1.39. The number of hydrogen-bond donors (Lipinski definition) is 0. The summed E-state index contributed by atoms with van der Waals surface area (Å²) in [7, 11) is 0. The fourth-order valence-corrected chi connectivity index (χ4v) is 4.26. The molecule has 162 valence electrons. The first-order chi connectivity index (χ1) is 14.5. The number of alkyl halides is 1. The Labute approximate surface area is 180 Å². The van der Waals surface area contributed by atoms with E-state index in [4.69, 9.17) is 4.74 Å². The number of esters is 1. The van der Waals surface area contributed by atoms with Crippen LogP contribution < -0.4 is 0 Å². The standard InChI is InChI=1S/C27H35FO2/c1-3-4-5-26(28)27(29)30-25-18-12-22(13-19-25)9-8-21-10-16-24(17-11-21)23-14-6-20(2)7-15-23/h6-7,10-11,14-17,22,25-26H,3-5,8-9,12-13,18-19H2,1-2H3/t22?,25?,26-/m0/s1. The first-order valence-electron chi connectivity index (χ1n) is 11.6. The van der Waals surface area contributed by atoms with Crippen molar-refractivity contribution in [3.8, 4) is 11.1 Å². The molecule has 0 spiro atoms. The molecule has 1 saturated carbocycles. The molecule has 2 aromatic rings. The summed E-state index contributed by atoms with van der Waals surface area (Å²) >= 11 is 0.